The van der Waals surface area contributed by atoms with Gasteiger partial charge >= 0.3 is 6.09 Å². The smallest absolute Gasteiger partial charge is 0.410 e. The van der Waals surface area contributed by atoms with Gasteiger partial charge < -0.3 is 14.4 Å². The normalized spacial score (nSPS) is 15.2. The second-order valence-electron chi connectivity index (χ2n) is 7.93. The third-order valence-corrected chi connectivity index (χ3v) is 4.73. The number of piperidine rings is 1. The Balaban J connectivity index is 1.69. The van der Waals surface area contributed by atoms with Crippen LogP contribution in [0.15, 0.2) is 30.6 Å². The summed E-state index contributed by atoms with van der Waals surface area (Å²) in [6, 6.07) is 7.72. The average molecular weight is 382 g/mol. The second-order valence-corrected chi connectivity index (χ2v) is 7.93. The summed E-state index contributed by atoms with van der Waals surface area (Å²) in [7, 11) is 1.61. The van der Waals surface area contributed by atoms with Crippen LogP contribution in [0.5, 0.6) is 5.75 Å². The van der Waals surface area contributed by atoms with Gasteiger partial charge in [-0.2, -0.15) is 10.4 Å². The maximum atomic E-state index is 12.2. The van der Waals surface area contributed by atoms with Crippen LogP contribution < -0.4 is 4.74 Å². The van der Waals surface area contributed by atoms with Gasteiger partial charge in [-0.15, -0.1) is 0 Å². The number of amides is 1. The van der Waals surface area contributed by atoms with Crippen molar-refractivity contribution in [3.8, 4) is 22.9 Å². The Morgan fingerprint density at radius 1 is 1.29 bits per heavy atom. The minimum atomic E-state index is -0.484. The van der Waals surface area contributed by atoms with Gasteiger partial charge in [0.2, 0.25) is 0 Å². The number of methoxy groups -OCH3 is 1. The minimum Gasteiger partial charge on any atom is -0.496 e. The number of hydrogen-bond donors (Lipinski definition) is 0. The van der Waals surface area contributed by atoms with E-state index in [0.29, 0.717) is 24.4 Å². The van der Waals surface area contributed by atoms with Gasteiger partial charge in [0.25, 0.3) is 0 Å². The van der Waals surface area contributed by atoms with Crippen molar-refractivity contribution in [3.05, 3.63) is 36.2 Å². The first-order chi connectivity index (χ1) is 13.3. The van der Waals surface area contributed by atoms with Crippen molar-refractivity contribution in [2.75, 3.05) is 20.2 Å². The highest BCUT2D eigenvalue weighted by Crippen LogP contribution is 2.32. The van der Waals surface area contributed by atoms with Crippen molar-refractivity contribution in [3.63, 3.8) is 0 Å². The lowest BCUT2D eigenvalue weighted by molar-refractivity contribution is 0.0185. The van der Waals surface area contributed by atoms with Crippen molar-refractivity contribution in [2.45, 2.75) is 45.3 Å². The average Bonchev–Trinajstić information content (AvgIpc) is 3.16. The van der Waals surface area contributed by atoms with E-state index in [1.165, 1.54) is 0 Å². The van der Waals surface area contributed by atoms with E-state index in [1.807, 2.05) is 37.7 Å². The molecule has 0 bridgehead atoms. The fourth-order valence-corrected chi connectivity index (χ4v) is 3.32. The molecule has 28 heavy (non-hydrogen) atoms. The maximum absolute atomic E-state index is 12.2. The Kier molecular flexibility index (Phi) is 5.59. The highest BCUT2D eigenvalue weighted by Gasteiger charge is 2.28. The number of ether oxygens (including phenoxy) is 2. The van der Waals surface area contributed by atoms with E-state index < -0.39 is 5.60 Å². The molecule has 7 nitrogen and oxygen atoms in total. The molecule has 148 valence electrons. The summed E-state index contributed by atoms with van der Waals surface area (Å²) in [4.78, 5) is 14.0. The molecule has 2 aromatic rings. The molecule has 0 radical (unpaired) electrons. The molecule has 0 unspecified atom stereocenters. The zero-order valence-electron chi connectivity index (χ0n) is 16.8. The van der Waals surface area contributed by atoms with Crippen LogP contribution in [-0.2, 0) is 4.74 Å². The zero-order valence-corrected chi connectivity index (χ0v) is 16.8. The van der Waals surface area contributed by atoms with Gasteiger partial charge in [0.05, 0.1) is 31.0 Å². The summed E-state index contributed by atoms with van der Waals surface area (Å²) in [6.07, 6.45) is 5.14. The van der Waals surface area contributed by atoms with E-state index in [0.717, 1.165) is 24.0 Å². The van der Waals surface area contributed by atoms with Crippen LogP contribution in [-0.4, -0.2) is 46.6 Å². The van der Waals surface area contributed by atoms with E-state index >= 15 is 0 Å². The number of benzene rings is 1. The van der Waals surface area contributed by atoms with Crippen LogP contribution >= 0.6 is 0 Å². The molecular formula is C21H26N4O3. The number of rotatable bonds is 3. The Hall–Kier alpha value is -3.01. The SMILES string of the molecule is COc1ccc(C#N)cc1-c1cnn(C2CCN(C(=O)OC(C)(C)C)CC2)c1. The molecule has 1 aliphatic heterocycles. The van der Waals surface area contributed by atoms with Crippen LogP contribution in [0.1, 0.15) is 45.2 Å². The lowest BCUT2D eigenvalue weighted by Crippen LogP contribution is -2.42. The van der Waals surface area contributed by atoms with E-state index in [1.54, 1.807) is 30.3 Å². The van der Waals surface area contributed by atoms with Gasteiger partial charge in [-0.25, -0.2) is 4.79 Å². The standard InChI is InChI=1S/C21H26N4O3/c1-21(2,3)28-20(26)24-9-7-17(8-10-24)25-14-16(13-23-25)18-11-15(12-22)5-6-19(18)27-4/h5-6,11,13-14,17H,7-10H2,1-4H3. The number of nitrogens with zero attached hydrogens (tertiary/aromatic N) is 4. The van der Waals surface area contributed by atoms with Crippen LogP contribution in [0, 0.1) is 11.3 Å². The van der Waals surface area contributed by atoms with E-state index in [2.05, 4.69) is 11.2 Å². The van der Waals surface area contributed by atoms with Crippen molar-refractivity contribution >= 4 is 6.09 Å². The van der Waals surface area contributed by atoms with Crippen LogP contribution in [0.25, 0.3) is 11.1 Å². The van der Waals surface area contributed by atoms with Crippen LogP contribution in [0.3, 0.4) is 0 Å². The molecule has 1 aromatic heterocycles. The summed E-state index contributed by atoms with van der Waals surface area (Å²) in [6.45, 7) is 6.90. The monoisotopic (exact) mass is 382 g/mol. The largest absolute Gasteiger partial charge is 0.496 e. The molecule has 1 saturated heterocycles. The molecule has 1 fully saturated rings. The molecule has 0 N–H and O–H groups in total. The third-order valence-electron chi connectivity index (χ3n) is 4.73. The van der Waals surface area contributed by atoms with Gasteiger partial charge in [0.1, 0.15) is 11.4 Å². The van der Waals surface area contributed by atoms with Gasteiger partial charge in [0, 0.05) is 30.4 Å². The van der Waals surface area contributed by atoms with Crippen molar-refractivity contribution in [1.82, 2.24) is 14.7 Å². The van der Waals surface area contributed by atoms with Crippen LogP contribution in [0.4, 0.5) is 4.79 Å². The molecule has 0 atom stereocenters. The fraction of sp³-hybridized carbons (Fsp3) is 0.476. The van der Waals surface area contributed by atoms with Crippen molar-refractivity contribution < 1.29 is 14.3 Å². The summed E-state index contributed by atoms with van der Waals surface area (Å²) >= 11 is 0. The number of hydrogen-bond acceptors (Lipinski definition) is 5. The van der Waals surface area contributed by atoms with Crippen molar-refractivity contribution in [1.29, 1.82) is 5.26 Å². The summed E-state index contributed by atoms with van der Waals surface area (Å²) < 4.78 is 12.8. The molecule has 1 aromatic carbocycles. The zero-order chi connectivity index (χ0) is 20.3. The highest BCUT2D eigenvalue weighted by molar-refractivity contribution is 5.71. The second kappa shape index (κ2) is 7.93. The molecular weight excluding hydrogens is 356 g/mol. The van der Waals surface area contributed by atoms with E-state index in [-0.39, 0.29) is 12.1 Å². The van der Waals surface area contributed by atoms with Gasteiger partial charge in [0.15, 0.2) is 0 Å². The Morgan fingerprint density at radius 3 is 2.61 bits per heavy atom. The lowest BCUT2D eigenvalue weighted by atomic mass is 10.0. The molecule has 1 amide bonds. The minimum absolute atomic E-state index is 0.220. The van der Waals surface area contributed by atoms with Gasteiger partial charge in [-0.1, -0.05) is 0 Å². The molecule has 7 heteroatoms. The lowest BCUT2D eigenvalue weighted by Gasteiger charge is -2.33. The molecule has 0 saturated carbocycles. The number of aromatic nitrogens is 2. The Bertz CT molecular complexity index is 884. The topological polar surface area (TPSA) is 80.4 Å². The Labute approximate surface area is 165 Å². The number of carbonyl (C=O) groups is 1. The molecule has 0 aliphatic carbocycles. The predicted molar refractivity (Wildman–Crippen MR) is 105 cm³/mol. The van der Waals surface area contributed by atoms with Crippen molar-refractivity contribution in [2.24, 2.45) is 0 Å². The summed E-state index contributed by atoms with van der Waals surface area (Å²) in [5.41, 5.74) is 1.85. The van der Waals surface area contributed by atoms with E-state index in [4.69, 9.17) is 14.7 Å². The first kappa shape index (κ1) is 19.7. The number of carbonyl (C=O) groups excluding carboxylic acids is 1. The number of likely N-dealkylation sites (tertiary alicyclic amines) is 1. The first-order valence-electron chi connectivity index (χ1n) is 9.41. The molecule has 2 heterocycles. The molecule has 1 aliphatic rings. The highest BCUT2D eigenvalue weighted by atomic mass is 16.6. The number of nitriles is 1. The third kappa shape index (κ3) is 4.45. The summed E-state index contributed by atoms with van der Waals surface area (Å²) in [5.74, 6) is 0.707. The molecule has 3 rings (SSSR count). The first-order valence-corrected chi connectivity index (χ1v) is 9.41. The summed E-state index contributed by atoms with van der Waals surface area (Å²) in [5, 5.41) is 13.7. The maximum Gasteiger partial charge on any atom is 0.410 e. The fourth-order valence-electron chi connectivity index (χ4n) is 3.32. The van der Waals surface area contributed by atoms with Crippen LogP contribution in [0.2, 0.25) is 0 Å². The van der Waals surface area contributed by atoms with Gasteiger partial charge in [-0.3, -0.25) is 4.68 Å². The van der Waals surface area contributed by atoms with E-state index in [9.17, 15) is 4.79 Å². The molecule has 0 spiro atoms. The Morgan fingerprint density at radius 2 is 2.00 bits per heavy atom. The van der Waals surface area contributed by atoms with Gasteiger partial charge in [-0.05, 0) is 51.8 Å². The quantitative estimate of drug-likeness (QED) is 0.801. The predicted octanol–water partition coefficient (Wildman–Crippen LogP) is 4.00.